The summed E-state index contributed by atoms with van der Waals surface area (Å²) in [6.45, 7) is 0.162. The molecule has 21 heavy (non-hydrogen) atoms. The van der Waals surface area contributed by atoms with E-state index in [0.29, 0.717) is 11.3 Å². The van der Waals surface area contributed by atoms with Crippen LogP contribution in [0.15, 0.2) is 41.5 Å². The number of nitrogens with zero attached hydrogens (tertiary/aromatic N) is 5. The number of tetrazole rings is 1. The molecule has 0 saturated carbocycles. The molecular formula is C12H12N5NaO3. The van der Waals surface area contributed by atoms with Crippen LogP contribution in [0.1, 0.15) is 1.43 Å². The topological polar surface area (TPSA) is 84.1 Å². The van der Waals surface area contributed by atoms with Gasteiger partial charge in [0.1, 0.15) is 5.75 Å². The summed E-state index contributed by atoms with van der Waals surface area (Å²) < 4.78 is 11.5. The number of hydrogen-bond acceptors (Lipinski definition) is 6. The molecule has 0 unspecified atom stereocenters. The van der Waals surface area contributed by atoms with Crippen LogP contribution in [0.5, 0.6) is 5.75 Å². The maximum Gasteiger partial charge on any atom is 1.00 e. The fourth-order valence-electron chi connectivity index (χ4n) is 1.86. The summed E-state index contributed by atoms with van der Waals surface area (Å²) >= 11 is 0. The van der Waals surface area contributed by atoms with E-state index < -0.39 is 0 Å². The fourth-order valence-corrected chi connectivity index (χ4v) is 1.86. The number of fused-ring (bicyclic) bond motifs is 1. The van der Waals surface area contributed by atoms with Crippen molar-refractivity contribution >= 4 is 10.9 Å². The van der Waals surface area contributed by atoms with Gasteiger partial charge in [-0.1, -0.05) is 4.91 Å². The van der Waals surface area contributed by atoms with E-state index in [-0.39, 0.29) is 43.3 Å². The van der Waals surface area contributed by atoms with Crippen LogP contribution in [-0.4, -0.2) is 38.9 Å². The molecule has 0 amide bonds. The number of pyridine rings is 1. The van der Waals surface area contributed by atoms with Crippen molar-refractivity contribution in [2.75, 3.05) is 13.9 Å². The predicted octanol–water partition coefficient (Wildman–Crippen LogP) is -2.60. The van der Waals surface area contributed by atoms with Crippen molar-refractivity contribution in [1.82, 2.24) is 25.0 Å². The minimum Gasteiger partial charge on any atom is -1.00 e. The minimum absolute atomic E-state index is 0. The van der Waals surface area contributed by atoms with E-state index in [1.807, 2.05) is 0 Å². The van der Waals surface area contributed by atoms with Crippen LogP contribution in [0.3, 0.4) is 0 Å². The van der Waals surface area contributed by atoms with Gasteiger partial charge in [-0.25, -0.2) is 0 Å². The molecule has 2 heterocycles. The van der Waals surface area contributed by atoms with Gasteiger partial charge in [-0.2, -0.15) is 4.68 Å². The number of hydrogen-bond donors (Lipinski definition) is 0. The van der Waals surface area contributed by atoms with E-state index in [9.17, 15) is 4.79 Å². The number of ether oxygens (including phenoxy) is 2. The Labute approximate surface area is 143 Å². The molecule has 0 bridgehead atoms. The van der Waals surface area contributed by atoms with Crippen molar-refractivity contribution < 1.29 is 40.5 Å². The third kappa shape index (κ3) is 3.13. The van der Waals surface area contributed by atoms with Crippen LogP contribution in [0.2, 0.25) is 0 Å². The fraction of sp³-hybridized carbons (Fsp3) is 0.167. The van der Waals surface area contributed by atoms with Crippen LogP contribution >= 0.6 is 0 Å². The second kappa shape index (κ2) is 6.81. The molecule has 0 radical (unpaired) electrons. The van der Waals surface area contributed by atoms with Gasteiger partial charge < -0.3 is 10.9 Å². The number of aromatic nitrogens is 5. The van der Waals surface area contributed by atoms with Gasteiger partial charge in [-0.3, -0.25) is 4.79 Å². The van der Waals surface area contributed by atoms with Crippen molar-refractivity contribution in [2.45, 2.75) is 0 Å². The Morgan fingerprint density at radius 3 is 2.86 bits per heavy atom. The number of benzene rings is 1. The SMILES string of the molecule is COCOc1ccc2c(ccc(=O)n2-n2ncnn2)c1.[H-].[Na+]. The van der Waals surface area contributed by atoms with Crippen LogP contribution < -0.4 is 39.9 Å². The normalized spacial score (nSPS) is 10.3. The largest absolute Gasteiger partial charge is 1.00 e. The first-order chi connectivity index (χ1) is 9.79. The third-order valence-electron chi connectivity index (χ3n) is 2.70. The third-order valence-corrected chi connectivity index (χ3v) is 2.70. The Kier molecular flexibility index (Phi) is 5.07. The van der Waals surface area contributed by atoms with Crippen LogP contribution in [0, 0.1) is 0 Å². The van der Waals surface area contributed by atoms with E-state index in [1.165, 1.54) is 17.1 Å². The van der Waals surface area contributed by atoms with Crippen molar-refractivity contribution in [2.24, 2.45) is 0 Å². The zero-order valence-corrected chi connectivity index (χ0v) is 13.6. The van der Waals surface area contributed by atoms with Gasteiger partial charge in [0, 0.05) is 18.6 Å². The summed E-state index contributed by atoms with van der Waals surface area (Å²) in [4.78, 5) is 13.1. The molecule has 3 aromatic rings. The molecule has 0 N–H and O–H groups in total. The molecule has 0 atom stereocenters. The van der Waals surface area contributed by atoms with Crippen molar-refractivity contribution in [1.29, 1.82) is 0 Å². The van der Waals surface area contributed by atoms with Gasteiger partial charge in [-0.15, -0.1) is 10.2 Å². The van der Waals surface area contributed by atoms with E-state index in [0.717, 1.165) is 10.3 Å². The summed E-state index contributed by atoms with van der Waals surface area (Å²) in [5, 5.41) is 12.0. The maximum atomic E-state index is 12.0. The number of methoxy groups -OCH3 is 1. The second-order valence-electron chi connectivity index (χ2n) is 3.96. The quantitative estimate of drug-likeness (QED) is 0.388. The first kappa shape index (κ1) is 15.6. The zero-order valence-electron chi connectivity index (χ0n) is 12.6. The Balaban J connectivity index is 0.00000121. The van der Waals surface area contributed by atoms with E-state index >= 15 is 0 Å². The van der Waals surface area contributed by atoms with Crippen LogP contribution in [0.4, 0.5) is 0 Å². The van der Waals surface area contributed by atoms with Crippen molar-refractivity contribution in [3.8, 4) is 5.75 Å². The Morgan fingerprint density at radius 1 is 1.29 bits per heavy atom. The summed E-state index contributed by atoms with van der Waals surface area (Å²) in [5.41, 5.74) is 0.404. The molecular weight excluding hydrogens is 285 g/mol. The molecule has 1 aromatic carbocycles. The molecule has 0 fully saturated rings. The van der Waals surface area contributed by atoms with Gasteiger partial charge in [0.15, 0.2) is 13.1 Å². The van der Waals surface area contributed by atoms with E-state index in [1.54, 1.807) is 31.4 Å². The summed E-state index contributed by atoms with van der Waals surface area (Å²) in [5.74, 6) is 0.649. The number of rotatable bonds is 4. The summed E-state index contributed by atoms with van der Waals surface area (Å²) in [6.07, 6.45) is 1.27. The van der Waals surface area contributed by atoms with Crippen molar-refractivity contribution in [3.63, 3.8) is 0 Å². The monoisotopic (exact) mass is 297 g/mol. The van der Waals surface area contributed by atoms with Crippen molar-refractivity contribution in [3.05, 3.63) is 47.0 Å². The van der Waals surface area contributed by atoms with Gasteiger partial charge in [0.05, 0.1) is 5.52 Å². The average Bonchev–Trinajstić information content (AvgIpc) is 2.98. The second-order valence-corrected chi connectivity index (χ2v) is 3.96. The predicted molar refractivity (Wildman–Crippen MR) is 70.4 cm³/mol. The molecule has 8 nitrogen and oxygen atoms in total. The molecule has 2 aromatic heterocycles. The summed E-state index contributed by atoms with van der Waals surface area (Å²) in [7, 11) is 1.55. The average molecular weight is 297 g/mol. The maximum absolute atomic E-state index is 12.0. The Hall–Kier alpha value is -1.74. The first-order valence-electron chi connectivity index (χ1n) is 5.81. The van der Waals surface area contributed by atoms with Crippen LogP contribution in [0.25, 0.3) is 10.9 Å². The molecule has 0 aliphatic heterocycles. The molecule has 104 valence electrons. The smallest absolute Gasteiger partial charge is 1.00 e. The molecule has 0 saturated heterocycles. The van der Waals surface area contributed by atoms with Gasteiger partial charge in [-0.05, 0) is 29.5 Å². The molecule has 9 heteroatoms. The van der Waals surface area contributed by atoms with E-state index in [2.05, 4.69) is 15.4 Å². The first-order valence-corrected chi connectivity index (χ1v) is 5.81. The zero-order chi connectivity index (χ0) is 13.9. The Morgan fingerprint density at radius 2 is 2.14 bits per heavy atom. The van der Waals surface area contributed by atoms with Gasteiger partial charge in [0.2, 0.25) is 0 Å². The van der Waals surface area contributed by atoms with Gasteiger partial charge in [0.25, 0.3) is 5.56 Å². The van der Waals surface area contributed by atoms with Gasteiger partial charge >= 0.3 is 29.6 Å². The van der Waals surface area contributed by atoms with Crippen LogP contribution in [-0.2, 0) is 4.74 Å². The summed E-state index contributed by atoms with van der Waals surface area (Å²) in [6, 6.07) is 8.46. The minimum atomic E-state index is -0.249. The molecule has 0 aliphatic carbocycles. The molecule has 0 aliphatic rings. The molecule has 0 spiro atoms. The standard InChI is InChI=1S/C12H11N5O3.Na.H/c1-19-8-20-10-3-4-11-9(6-10)2-5-12(18)16(11)17-14-7-13-15-17;;/h2-7H,8H2,1H3;;/q;+1;-1. The van der Waals surface area contributed by atoms with E-state index in [4.69, 9.17) is 9.47 Å². The Bertz CT molecular complexity index is 793. The molecule has 3 rings (SSSR count).